The first-order chi connectivity index (χ1) is 26.7. The monoisotopic (exact) mass is 738 g/mol. The highest BCUT2D eigenvalue weighted by atomic mass is 16.2. The first-order valence-corrected chi connectivity index (χ1v) is 19.4. The molecule has 0 spiro atoms. The van der Waals surface area contributed by atoms with Crippen LogP contribution in [0.5, 0.6) is 0 Å². The summed E-state index contributed by atoms with van der Waals surface area (Å²) in [4.78, 5) is 51.4. The number of nitrogens with one attached hydrogen (secondary N) is 3. The number of pyridine rings is 2. The van der Waals surface area contributed by atoms with E-state index in [-0.39, 0.29) is 30.3 Å². The van der Waals surface area contributed by atoms with Gasteiger partial charge in [0.1, 0.15) is 6.07 Å². The number of nitrogens with zero attached hydrogens (tertiary/aromatic N) is 7. The molecule has 2 saturated heterocycles. The molecule has 0 radical (unpaired) electrons. The molecule has 5 aromatic rings. The Kier molecular flexibility index (Phi) is 10.2. The average Bonchev–Trinajstić information content (AvgIpc) is 3.62. The molecular weight excluding hydrogens is 693 g/mol. The fourth-order valence-electron chi connectivity index (χ4n) is 8.57. The minimum absolute atomic E-state index is 0.114. The number of fused-ring (bicyclic) bond motifs is 2. The Hall–Kier alpha value is -5.87. The number of nitriles is 1. The van der Waals surface area contributed by atoms with Crippen molar-refractivity contribution in [1.82, 2.24) is 35.1 Å². The molecule has 3 fully saturated rings. The third kappa shape index (κ3) is 7.59. The number of amides is 4. The molecule has 4 amide bonds. The molecule has 6 heterocycles. The summed E-state index contributed by atoms with van der Waals surface area (Å²) in [7, 11) is 0. The van der Waals surface area contributed by atoms with Gasteiger partial charge in [0.2, 0.25) is 5.91 Å². The van der Waals surface area contributed by atoms with E-state index >= 15 is 0 Å². The van der Waals surface area contributed by atoms with Gasteiger partial charge >= 0.3 is 6.03 Å². The number of rotatable bonds is 9. The van der Waals surface area contributed by atoms with E-state index in [1.807, 2.05) is 44.3 Å². The van der Waals surface area contributed by atoms with E-state index in [1.54, 1.807) is 27.9 Å². The Bertz CT molecular complexity index is 2300. The van der Waals surface area contributed by atoms with Gasteiger partial charge in [-0.05, 0) is 107 Å². The smallest absolute Gasteiger partial charge is 0.328 e. The molecule has 13 nitrogen and oxygen atoms in total. The molecule has 1 aliphatic carbocycles. The van der Waals surface area contributed by atoms with E-state index in [4.69, 9.17) is 0 Å². The molecule has 3 aliphatic rings. The van der Waals surface area contributed by atoms with Crippen molar-refractivity contribution in [2.75, 3.05) is 36.4 Å². The second-order valence-corrected chi connectivity index (χ2v) is 15.4. The molecule has 0 unspecified atom stereocenters. The number of hydrogen-bond acceptors (Lipinski definition) is 9. The molecule has 2 aliphatic heterocycles. The summed E-state index contributed by atoms with van der Waals surface area (Å²) in [6.07, 6.45) is 13.3. The highest BCUT2D eigenvalue weighted by Crippen LogP contribution is 2.37. The van der Waals surface area contributed by atoms with Gasteiger partial charge in [-0.1, -0.05) is 18.2 Å². The lowest BCUT2D eigenvalue weighted by atomic mass is 9.83. The van der Waals surface area contributed by atoms with Crippen molar-refractivity contribution in [2.45, 2.75) is 76.8 Å². The van der Waals surface area contributed by atoms with Crippen LogP contribution in [0.4, 0.5) is 16.2 Å². The lowest BCUT2D eigenvalue weighted by Crippen LogP contribution is -2.49. The van der Waals surface area contributed by atoms with Crippen LogP contribution in [0.1, 0.15) is 86.2 Å². The van der Waals surface area contributed by atoms with Gasteiger partial charge in [0, 0.05) is 54.8 Å². The van der Waals surface area contributed by atoms with Gasteiger partial charge in [0.25, 0.3) is 5.91 Å². The van der Waals surface area contributed by atoms with Crippen LogP contribution in [0.3, 0.4) is 0 Å². The summed E-state index contributed by atoms with van der Waals surface area (Å²) in [5.41, 5.74) is 6.04. The summed E-state index contributed by atoms with van der Waals surface area (Å²) in [6, 6.07) is 15.8. The average molecular weight is 739 g/mol. The molecule has 55 heavy (non-hydrogen) atoms. The van der Waals surface area contributed by atoms with Gasteiger partial charge in [-0.2, -0.15) is 10.4 Å². The molecule has 8 rings (SSSR count). The molecule has 282 valence electrons. The standard InChI is InChI=1S/C42H46N10O3/c1-26(2)47-36-19-37(38-11-10-31-18-28(20-43)21-46-52(31)38)45-23-35(36)41(54)48-30-8-6-27(7-9-30)25-50-15-12-29(13-16-50)32-4-3-5-33-34(32)22-44-24-39(33)51-17-14-40(53)49-42(51)55/h3-5,10-11,18-19,21-24,26-27,29-30H,6-9,12-17,25H2,1-2H3,(H,45,47)(H,48,54)(H,49,53,55). The van der Waals surface area contributed by atoms with Crippen LogP contribution >= 0.6 is 0 Å². The summed E-state index contributed by atoms with van der Waals surface area (Å²) in [5.74, 6) is 0.654. The van der Waals surface area contributed by atoms with E-state index < -0.39 is 6.03 Å². The number of urea groups is 1. The number of likely N-dealkylation sites (tertiary alicyclic amines) is 1. The summed E-state index contributed by atoms with van der Waals surface area (Å²) in [6.45, 7) is 7.58. The van der Waals surface area contributed by atoms with Crippen LogP contribution in [0, 0.1) is 17.2 Å². The lowest BCUT2D eigenvalue weighted by Gasteiger charge is -2.37. The van der Waals surface area contributed by atoms with Gasteiger partial charge in [-0.25, -0.2) is 9.31 Å². The Morgan fingerprint density at radius 1 is 0.964 bits per heavy atom. The zero-order chi connectivity index (χ0) is 38.1. The third-order valence-corrected chi connectivity index (χ3v) is 11.4. The minimum atomic E-state index is -0.393. The highest BCUT2D eigenvalue weighted by molar-refractivity contribution is 6.10. The Morgan fingerprint density at radius 2 is 1.78 bits per heavy atom. The van der Waals surface area contributed by atoms with Gasteiger partial charge in [-0.15, -0.1) is 0 Å². The SMILES string of the molecule is CC(C)Nc1cc(-c2ccc3cc(C#N)cnn23)ncc1C(=O)NC1CCC(CN2CCC(c3cccc4c(N5CCC(=O)NC5=O)cncc34)CC2)CC1. The van der Waals surface area contributed by atoms with E-state index in [0.29, 0.717) is 35.2 Å². The van der Waals surface area contributed by atoms with Crippen molar-refractivity contribution in [1.29, 1.82) is 5.26 Å². The van der Waals surface area contributed by atoms with Crippen molar-refractivity contribution in [3.8, 4) is 17.5 Å². The molecule has 1 aromatic carbocycles. The normalized spacial score (nSPS) is 19.8. The fourth-order valence-corrected chi connectivity index (χ4v) is 8.57. The molecule has 1 saturated carbocycles. The van der Waals surface area contributed by atoms with Crippen molar-refractivity contribution < 1.29 is 14.4 Å². The predicted octanol–water partition coefficient (Wildman–Crippen LogP) is 6.25. The third-order valence-electron chi connectivity index (χ3n) is 11.4. The van der Waals surface area contributed by atoms with Gasteiger partial charge in [0.05, 0.1) is 51.8 Å². The number of aromatic nitrogens is 4. The zero-order valence-electron chi connectivity index (χ0n) is 31.3. The molecule has 3 N–H and O–H groups in total. The maximum Gasteiger partial charge on any atom is 0.328 e. The molecule has 13 heteroatoms. The van der Waals surface area contributed by atoms with Gasteiger partial charge in [-0.3, -0.25) is 29.8 Å². The van der Waals surface area contributed by atoms with Gasteiger partial charge in [0.15, 0.2) is 0 Å². The Balaban J connectivity index is 0.855. The molecule has 4 aromatic heterocycles. The first kappa shape index (κ1) is 36.1. The number of carbonyl (C=O) groups excluding carboxylic acids is 3. The maximum atomic E-state index is 13.7. The number of carbonyl (C=O) groups is 3. The Morgan fingerprint density at radius 3 is 2.55 bits per heavy atom. The van der Waals surface area contributed by atoms with Crippen LogP contribution in [-0.4, -0.2) is 80.6 Å². The maximum absolute atomic E-state index is 13.7. The van der Waals surface area contributed by atoms with E-state index in [0.717, 1.165) is 91.5 Å². The van der Waals surface area contributed by atoms with Crippen LogP contribution in [0.25, 0.3) is 27.7 Å². The largest absolute Gasteiger partial charge is 0.382 e. The molecule has 0 atom stereocenters. The Labute approximate surface area is 320 Å². The van der Waals surface area contributed by atoms with Crippen LogP contribution in [0.2, 0.25) is 0 Å². The van der Waals surface area contributed by atoms with Crippen molar-refractivity contribution in [3.05, 3.63) is 83.9 Å². The topological polar surface area (TPSA) is 161 Å². The fraction of sp³-hybridized carbons (Fsp3) is 0.405. The number of piperidine rings is 1. The van der Waals surface area contributed by atoms with Crippen LogP contribution in [-0.2, 0) is 4.79 Å². The summed E-state index contributed by atoms with van der Waals surface area (Å²) >= 11 is 0. The van der Waals surface area contributed by atoms with E-state index in [9.17, 15) is 19.6 Å². The van der Waals surface area contributed by atoms with Crippen molar-refractivity contribution in [3.63, 3.8) is 0 Å². The number of anilines is 2. The predicted molar refractivity (Wildman–Crippen MR) is 211 cm³/mol. The quantitative estimate of drug-likeness (QED) is 0.159. The first-order valence-electron chi connectivity index (χ1n) is 19.4. The second-order valence-electron chi connectivity index (χ2n) is 15.4. The number of hydrogen-bond donors (Lipinski definition) is 3. The van der Waals surface area contributed by atoms with Crippen LogP contribution < -0.4 is 20.9 Å². The minimum Gasteiger partial charge on any atom is -0.382 e. The number of benzene rings is 1. The van der Waals surface area contributed by atoms with E-state index in [1.165, 1.54) is 11.8 Å². The molecular formula is C42H46N10O3. The summed E-state index contributed by atoms with van der Waals surface area (Å²) in [5, 5.41) is 24.9. The van der Waals surface area contributed by atoms with Crippen LogP contribution in [0.15, 0.2) is 67.3 Å². The van der Waals surface area contributed by atoms with Crippen molar-refractivity contribution >= 4 is 45.5 Å². The second kappa shape index (κ2) is 15.5. The number of imide groups is 1. The molecule has 0 bridgehead atoms. The van der Waals surface area contributed by atoms with Gasteiger partial charge < -0.3 is 15.5 Å². The highest BCUT2D eigenvalue weighted by Gasteiger charge is 2.30. The zero-order valence-corrected chi connectivity index (χ0v) is 31.3. The van der Waals surface area contributed by atoms with E-state index in [2.05, 4.69) is 54.1 Å². The van der Waals surface area contributed by atoms with Crippen molar-refractivity contribution in [2.24, 2.45) is 5.92 Å². The summed E-state index contributed by atoms with van der Waals surface area (Å²) < 4.78 is 1.76. The lowest BCUT2D eigenvalue weighted by molar-refractivity contribution is -0.120.